The van der Waals surface area contributed by atoms with Gasteiger partial charge in [-0.2, -0.15) is 0 Å². The van der Waals surface area contributed by atoms with E-state index in [9.17, 15) is 19.6 Å². The van der Waals surface area contributed by atoms with E-state index >= 15 is 0 Å². The van der Waals surface area contributed by atoms with Gasteiger partial charge in [-0.05, 0) is 6.42 Å². The average molecular weight is 409 g/mol. The molecule has 3 atom stereocenters. The molecule has 0 saturated heterocycles. The Hall–Kier alpha value is -0.260. The summed E-state index contributed by atoms with van der Waals surface area (Å²) in [6.07, 6.45) is 9.33. The molecule has 0 aromatic heterocycles. The van der Waals surface area contributed by atoms with Gasteiger partial charge in [0.2, 0.25) is 8.03 Å². The zero-order valence-corrected chi connectivity index (χ0v) is 18.9. The van der Waals surface area contributed by atoms with Gasteiger partial charge in [-0.15, -0.1) is 0 Å². The van der Waals surface area contributed by atoms with Crippen LogP contribution in [0.15, 0.2) is 0 Å². The molecular weight excluding hydrogens is 365 g/mol. The van der Waals surface area contributed by atoms with Crippen molar-refractivity contribution in [1.29, 1.82) is 0 Å². The van der Waals surface area contributed by atoms with E-state index in [0.717, 1.165) is 19.3 Å². The second kappa shape index (κ2) is 15.6. The molecule has 0 rings (SSSR count). The van der Waals surface area contributed by atoms with E-state index < -0.39 is 20.0 Å². The zero-order valence-electron chi connectivity index (χ0n) is 17.9. The lowest BCUT2D eigenvalue weighted by atomic mass is 10.0. The number of rotatable bonds is 18. The van der Waals surface area contributed by atoms with Crippen molar-refractivity contribution in [3.05, 3.63) is 0 Å². The molecule has 0 radical (unpaired) electrons. The Morgan fingerprint density at radius 3 is 2.00 bits per heavy atom. The molecule has 3 unspecified atom stereocenters. The minimum absolute atomic E-state index is 0.210. The summed E-state index contributed by atoms with van der Waals surface area (Å²) in [5.41, 5.74) is 0. The molecule has 0 amide bonds. The third-order valence-corrected chi connectivity index (χ3v) is 5.89. The van der Waals surface area contributed by atoms with E-state index in [1.165, 1.54) is 38.5 Å². The summed E-state index contributed by atoms with van der Waals surface area (Å²) in [6, 6.07) is 0. The standard InChI is InChI=1S/C20H43NO5P/c1-5-6-7-8-9-10-11-12-13-14-18(22)19(23)17-20(24)27(25)26-16-15-21(2,3)4/h19-20,23-24,27H,5-17H2,1-4H3/q+1. The Balaban J connectivity index is 3.79. The van der Waals surface area contributed by atoms with Gasteiger partial charge in [0.1, 0.15) is 25.1 Å². The van der Waals surface area contributed by atoms with Gasteiger partial charge in [0.05, 0.1) is 21.1 Å². The van der Waals surface area contributed by atoms with Gasteiger partial charge in [0, 0.05) is 12.8 Å². The second-order valence-corrected chi connectivity index (χ2v) is 10.1. The monoisotopic (exact) mass is 408 g/mol. The first-order chi connectivity index (χ1) is 12.7. The van der Waals surface area contributed by atoms with Crippen molar-refractivity contribution in [2.45, 2.75) is 89.5 Å². The molecule has 2 N–H and O–H groups in total. The molecule has 6 nitrogen and oxygen atoms in total. The van der Waals surface area contributed by atoms with Crippen LogP contribution in [0.25, 0.3) is 0 Å². The van der Waals surface area contributed by atoms with Gasteiger partial charge in [-0.3, -0.25) is 9.36 Å². The Morgan fingerprint density at radius 2 is 1.48 bits per heavy atom. The number of aliphatic hydroxyl groups is 2. The molecule has 0 aliphatic rings. The highest BCUT2D eigenvalue weighted by molar-refractivity contribution is 7.39. The maximum Gasteiger partial charge on any atom is 0.219 e. The van der Waals surface area contributed by atoms with Crippen LogP contribution in [0, 0.1) is 0 Å². The number of Topliss-reactive ketones (excluding diaryl/α,β-unsaturated/α-hetero) is 1. The molecule has 0 bridgehead atoms. The zero-order chi connectivity index (χ0) is 20.7. The molecule has 0 aliphatic heterocycles. The van der Waals surface area contributed by atoms with Crippen molar-refractivity contribution in [2.24, 2.45) is 0 Å². The summed E-state index contributed by atoms with van der Waals surface area (Å²) in [6.45, 7) is 3.16. The normalized spacial score (nSPS) is 15.5. The molecule has 0 aliphatic carbocycles. The maximum atomic E-state index is 12.0. The lowest BCUT2D eigenvalue weighted by molar-refractivity contribution is -0.870. The molecule has 0 heterocycles. The fourth-order valence-electron chi connectivity index (χ4n) is 2.73. The van der Waals surface area contributed by atoms with Gasteiger partial charge in [-0.25, -0.2) is 0 Å². The summed E-state index contributed by atoms with van der Waals surface area (Å²) in [7, 11) is 3.30. The van der Waals surface area contributed by atoms with Crippen LogP contribution < -0.4 is 0 Å². The number of nitrogens with zero attached hydrogens (tertiary/aromatic N) is 1. The van der Waals surface area contributed by atoms with Crippen LogP contribution >= 0.6 is 8.03 Å². The Morgan fingerprint density at radius 1 is 0.963 bits per heavy atom. The number of carbonyl (C=O) groups excluding carboxylic acids is 1. The number of quaternary nitrogens is 1. The highest BCUT2D eigenvalue weighted by Gasteiger charge is 2.23. The molecule has 7 heteroatoms. The number of hydrogen-bond donors (Lipinski definition) is 2. The van der Waals surface area contributed by atoms with E-state index in [1.807, 2.05) is 21.1 Å². The van der Waals surface area contributed by atoms with Crippen LogP contribution in [0.2, 0.25) is 0 Å². The maximum absolute atomic E-state index is 12.0. The molecular formula is C20H43NO5P+. The molecule has 0 fully saturated rings. The molecule has 0 spiro atoms. The number of unbranched alkanes of at least 4 members (excludes halogenated alkanes) is 8. The van der Waals surface area contributed by atoms with E-state index in [2.05, 4.69) is 6.92 Å². The highest BCUT2D eigenvalue weighted by Crippen LogP contribution is 2.31. The van der Waals surface area contributed by atoms with E-state index in [0.29, 0.717) is 17.4 Å². The van der Waals surface area contributed by atoms with Crippen molar-refractivity contribution < 1.29 is 28.6 Å². The van der Waals surface area contributed by atoms with Crippen LogP contribution in [0.4, 0.5) is 0 Å². The minimum Gasteiger partial charge on any atom is -0.385 e. The third kappa shape index (κ3) is 16.4. The molecule has 0 aromatic carbocycles. The summed E-state index contributed by atoms with van der Waals surface area (Å²) in [4.78, 5) is 12.0. The third-order valence-electron chi connectivity index (χ3n) is 4.62. The van der Waals surface area contributed by atoms with Crippen LogP contribution in [0.1, 0.15) is 77.6 Å². The lowest BCUT2D eigenvalue weighted by Crippen LogP contribution is -2.37. The van der Waals surface area contributed by atoms with Crippen molar-refractivity contribution in [1.82, 2.24) is 0 Å². The summed E-state index contributed by atoms with van der Waals surface area (Å²) in [5.74, 6) is -1.55. The lowest BCUT2D eigenvalue weighted by Gasteiger charge is -2.23. The molecule has 0 aromatic rings. The molecule has 162 valence electrons. The smallest absolute Gasteiger partial charge is 0.219 e. The van der Waals surface area contributed by atoms with Crippen molar-refractivity contribution >= 4 is 13.8 Å². The number of likely N-dealkylation sites (N-methyl/N-ethyl adjacent to an activating group) is 1. The van der Waals surface area contributed by atoms with Crippen molar-refractivity contribution in [3.8, 4) is 0 Å². The SMILES string of the molecule is CCCCCCCCCCCC(=O)C(O)CC(O)[PH](=O)OCC[N+](C)(C)C. The average Bonchev–Trinajstić information content (AvgIpc) is 2.58. The van der Waals surface area contributed by atoms with Gasteiger partial charge >= 0.3 is 0 Å². The van der Waals surface area contributed by atoms with Gasteiger partial charge in [-0.1, -0.05) is 58.3 Å². The van der Waals surface area contributed by atoms with E-state index in [4.69, 9.17) is 4.52 Å². The van der Waals surface area contributed by atoms with Gasteiger partial charge in [0.25, 0.3) is 0 Å². The topological polar surface area (TPSA) is 83.8 Å². The fraction of sp³-hybridized carbons (Fsp3) is 0.950. The van der Waals surface area contributed by atoms with E-state index in [1.54, 1.807) is 0 Å². The van der Waals surface area contributed by atoms with E-state index in [-0.39, 0.29) is 18.8 Å². The van der Waals surface area contributed by atoms with Crippen LogP contribution in [-0.4, -0.2) is 66.7 Å². The Bertz CT molecular complexity index is 412. The number of hydrogen-bond acceptors (Lipinski definition) is 5. The first-order valence-corrected chi connectivity index (χ1v) is 11.9. The summed E-state index contributed by atoms with van der Waals surface area (Å²) in [5, 5.41) is 19.8. The van der Waals surface area contributed by atoms with Crippen LogP contribution in [0.5, 0.6) is 0 Å². The summed E-state index contributed by atoms with van der Waals surface area (Å²) < 4.78 is 17.7. The van der Waals surface area contributed by atoms with Gasteiger partial charge in [0.15, 0.2) is 5.78 Å². The summed E-state index contributed by atoms with van der Waals surface area (Å²) >= 11 is 0. The highest BCUT2D eigenvalue weighted by atomic mass is 31.1. The van der Waals surface area contributed by atoms with Crippen molar-refractivity contribution in [3.63, 3.8) is 0 Å². The first-order valence-electron chi connectivity index (χ1n) is 10.5. The van der Waals surface area contributed by atoms with Crippen molar-refractivity contribution in [2.75, 3.05) is 34.3 Å². The largest absolute Gasteiger partial charge is 0.385 e. The number of ketones is 1. The quantitative estimate of drug-likeness (QED) is 0.205. The molecule has 27 heavy (non-hydrogen) atoms. The Labute approximate surface area is 166 Å². The minimum atomic E-state index is -2.68. The number of aliphatic hydroxyl groups excluding tert-OH is 2. The second-order valence-electron chi connectivity index (χ2n) is 8.49. The fourth-order valence-corrected chi connectivity index (χ4v) is 3.63. The molecule has 0 saturated carbocycles. The van der Waals surface area contributed by atoms with Crippen LogP contribution in [0.3, 0.4) is 0 Å². The van der Waals surface area contributed by atoms with Crippen LogP contribution in [-0.2, 0) is 13.9 Å². The Kier molecular flexibility index (Phi) is 15.5. The predicted molar refractivity (Wildman–Crippen MR) is 111 cm³/mol. The first kappa shape index (κ1) is 26.7. The number of carbonyl (C=O) groups is 1. The van der Waals surface area contributed by atoms with Gasteiger partial charge < -0.3 is 19.2 Å². The predicted octanol–water partition coefficient (Wildman–Crippen LogP) is 3.74.